The van der Waals surface area contributed by atoms with Crippen molar-refractivity contribution in [3.8, 4) is 12.3 Å². The molecule has 0 spiro atoms. The van der Waals surface area contributed by atoms with E-state index in [1.165, 1.54) is 0 Å². The van der Waals surface area contributed by atoms with Crippen molar-refractivity contribution >= 4 is 5.91 Å². The number of carbonyl (C=O) groups is 1. The van der Waals surface area contributed by atoms with Gasteiger partial charge in [-0.05, 0) is 19.3 Å². The number of rotatable bonds is 7. The monoisotopic (exact) mass is 196 g/mol. The average molecular weight is 196 g/mol. The Morgan fingerprint density at radius 1 is 1.57 bits per heavy atom. The van der Waals surface area contributed by atoms with Crippen molar-refractivity contribution < 1.29 is 4.79 Å². The highest BCUT2D eigenvalue weighted by atomic mass is 16.2. The fourth-order valence-corrected chi connectivity index (χ4v) is 1.14. The largest absolute Gasteiger partial charge is 0.355 e. The highest BCUT2D eigenvalue weighted by molar-refractivity contribution is 5.81. The lowest BCUT2D eigenvalue weighted by Gasteiger charge is -2.10. The molecule has 3 N–H and O–H groups in total. The summed E-state index contributed by atoms with van der Waals surface area (Å²) in [6.45, 7) is 2.69. The van der Waals surface area contributed by atoms with Crippen molar-refractivity contribution in [2.75, 3.05) is 6.54 Å². The van der Waals surface area contributed by atoms with Crippen LogP contribution in [0.4, 0.5) is 0 Å². The second-order valence-electron chi connectivity index (χ2n) is 3.35. The summed E-state index contributed by atoms with van der Waals surface area (Å²) < 4.78 is 0. The van der Waals surface area contributed by atoms with Gasteiger partial charge < -0.3 is 11.1 Å². The van der Waals surface area contributed by atoms with Gasteiger partial charge in [0.25, 0.3) is 0 Å². The zero-order valence-electron chi connectivity index (χ0n) is 8.88. The number of hydrogen-bond acceptors (Lipinski definition) is 2. The molecule has 0 radical (unpaired) electrons. The van der Waals surface area contributed by atoms with Gasteiger partial charge in [0.1, 0.15) is 0 Å². The van der Waals surface area contributed by atoms with Crippen LogP contribution in [0.15, 0.2) is 0 Å². The maximum Gasteiger partial charge on any atom is 0.236 e. The molecule has 3 heteroatoms. The first-order valence-corrected chi connectivity index (χ1v) is 5.19. The van der Waals surface area contributed by atoms with Gasteiger partial charge >= 0.3 is 0 Å². The summed E-state index contributed by atoms with van der Waals surface area (Å²) in [6, 6.07) is -0.354. The van der Waals surface area contributed by atoms with Crippen LogP contribution in [0.25, 0.3) is 0 Å². The molecule has 0 saturated carbocycles. The van der Waals surface area contributed by atoms with Gasteiger partial charge in [0, 0.05) is 13.0 Å². The molecule has 0 aromatic heterocycles. The van der Waals surface area contributed by atoms with Crippen LogP contribution >= 0.6 is 0 Å². The average Bonchev–Trinajstić information content (AvgIpc) is 2.17. The summed E-state index contributed by atoms with van der Waals surface area (Å²) >= 11 is 0. The van der Waals surface area contributed by atoms with Gasteiger partial charge in [0.05, 0.1) is 6.04 Å². The lowest BCUT2D eigenvalue weighted by atomic mass is 10.1. The minimum Gasteiger partial charge on any atom is -0.355 e. The number of unbranched alkanes of at least 4 members (excludes halogenated alkanes) is 2. The fraction of sp³-hybridized carbons (Fsp3) is 0.727. The van der Waals surface area contributed by atoms with E-state index in [1.54, 1.807) is 0 Å². The Labute approximate surface area is 86.4 Å². The zero-order chi connectivity index (χ0) is 10.8. The number of amides is 1. The van der Waals surface area contributed by atoms with Crippen LogP contribution in [0.2, 0.25) is 0 Å². The van der Waals surface area contributed by atoms with E-state index < -0.39 is 0 Å². The van der Waals surface area contributed by atoms with Gasteiger partial charge in [-0.2, -0.15) is 0 Å². The van der Waals surface area contributed by atoms with E-state index in [1.807, 2.05) is 6.92 Å². The molecule has 0 aliphatic rings. The van der Waals surface area contributed by atoms with E-state index in [0.717, 1.165) is 32.1 Å². The summed E-state index contributed by atoms with van der Waals surface area (Å²) in [7, 11) is 0. The smallest absolute Gasteiger partial charge is 0.236 e. The molecule has 1 amide bonds. The first-order valence-electron chi connectivity index (χ1n) is 5.19. The Morgan fingerprint density at radius 3 is 2.86 bits per heavy atom. The highest BCUT2D eigenvalue weighted by Gasteiger charge is 2.10. The van der Waals surface area contributed by atoms with Crippen LogP contribution in [0, 0.1) is 12.3 Å². The predicted molar refractivity (Wildman–Crippen MR) is 58.6 cm³/mol. The van der Waals surface area contributed by atoms with E-state index in [9.17, 15) is 4.79 Å². The summed E-state index contributed by atoms with van der Waals surface area (Å²) in [6.07, 6.45) is 9.44. The Hall–Kier alpha value is -1.01. The van der Waals surface area contributed by atoms with E-state index in [-0.39, 0.29) is 11.9 Å². The van der Waals surface area contributed by atoms with Gasteiger partial charge in [0.15, 0.2) is 0 Å². The molecule has 0 saturated heterocycles. The Bertz CT molecular complexity index is 196. The SMILES string of the molecule is C#CCCCCNC(=O)[C@H](N)CCC. The standard InChI is InChI=1S/C11H20N2O/c1-3-5-6-7-9-13-11(14)10(12)8-4-2/h1,10H,4-9,12H2,2H3,(H,13,14)/t10-/m1/s1. The molecule has 0 aromatic carbocycles. The molecule has 1 atom stereocenters. The second kappa shape index (κ2) is 8.58. The van der Waals surface area contributed by atoms with Crippen molar-refractivity contribution in [2.45, 2.75) is 45.1 Å². The van der Waals surface area contributed by atoms with Gasteiger partial charge in [-0.1, -0.05) is 13.3 Å². The molecule has 0 bridgehead atoms. The van der Waals surface area contributed by atoms with Crippen molar-refractivity contribution in [3.05, 3.63) is 0 Å². The number of hydrogen-bond donors (Lipinski definition) is 2. The molecular weight excluding hydrogens is 176 g/mol. The Kier molecular flexibility index (Phi) is 7.96. The summed E-state index contributed by atoms with van der Waals surface area (Å²) in [5.74, 6) is 2.51. The zero-order valence-corrected chi connectivity index (χ0v) is 8.88. The quantitative estimate of drug-likeness (QED) is 0.472. The maximum atomic E-state index is 11.3. The molecule has 0 aromatic rings. The molecule has 0 rings (SSSR count). The molecule has 0 aliphatic heterocycles. The van der Waals surface area contributed by atoms with E-state index >= 15 is 0 Å². The topological polar surface area (TPSA) is 55.1 Å². The normalized spacial score (nSPS) is 11.8. The fourth-order valence-electron chi connectivity index (χ4n) is 1.14. The molecule has 80 valence electrons. The van der Waals surface area contributed by atoms with Crippen molar-refractivity contribution in [2.24, 2.45) is 5.73 Å². The van der Waals surface area contributed by atoms with Crippen molar-refractivity contribution in [3.63, 3.8) is 0 Å². The first kappa shape index (κ1) is 13.0. The Balaban J connectivity index is 3.40. The van der Waals surface area contributed by atoms with Gasteiger partial charge in [-0.3, -0.25) is 4.79 Å². The van der Waals surface area contributed by atoms with Crippen LogP contribution in [0.3, 0.4) is 0 Å². The molecule has 0 aliphatic carbocycles. The molecule has 0 heterocycles. The van der Waals surface area contributed by atoms with Crippen LogP contribution in [0.5, 0.6) is 0 Å². The lowest BCUT2D eigenvalue weighted by Crippen LogP contribution is -2.40. The summed E-state index contributed by atoms with van der Waals surface area (Å²) in [5.41, 5.74) is 5.62. The van der Waals surface area contributed by atoms with Gasteiger partial charge in [-0.25, -0.2) is 0 Å². The number of nitrogens with two attached hydrogens (primary N) is 1. The molecular formula is C11H20N2O. The van der Waals surface area contributed by atoms with Crippen molar-refractivity contribution in [1.82, 2.24) is 5.32 Å². The number of nitrogens with one attached hydrogen (secondary N) is 1. The summed E-state index contributed by atoms with van der Waals surface area (Å²) in [5, 5.41) is 2.79. The molecule has 0 unspecified atom stereocenters. The molecule has 0 fully saturated rings. The van der Waals surface area contributed by atoms with Gasteiger partial charge in [-0.15, -0.1) is 12.3 Å². The minimum absolute atomic E-state index is 0.0486. The summed E-state index contributed by atoms with van der Waals surface area (Å²) in [4.78, 5) is 11.3. The van der Waals surface area contributed by atoms with Crippen LogP contribution in [-0.2, 0) is 4.79 Å². The minimum atomic E-state index is -0.354. The second-order valence-corrected chi connectivity index (χ2v) is 3.35. The maximum absolute atomic E-state index is 11.3. The third-order valence-electron chi connectivity index (χ3n) is 1.98. The van der Waals surface area contributed by atoms with Crippen LogP contribution in [-0.4, -0.2) is 18.5 Å². The highest BCUT2D eigenvalue weighted by Crippen LogP contribution is 1.94. The predicted octanol–water partition coefficient (Wildman–Crippen LogP) is 1.03. The third kappa shape index (κ3) is 6.50. The third-order valence-corrected chi connectivity index (χ3v) is 1.98. The van der Waals surface area contributed by atoms with E-state index in [2.05, 4.69) is 11.2 Å². The van der Waals surface area contributed by atoms with E-state index in [0.29, 0.717) is 6.54 Å². The van der Waals surface area contributed by atoms with E-state index in [4.69, 9.17) is 12.2 Å². The first-order chi connectivity index (χ1) is 6.72. The lowest BCUT2D eigenvalue weighted by molar-refractivity contribution is -0.122. The molecule has 3 nitrogen and oxygen atoms in total. The molecule has 14 heavy (non-hydrogen) atoms. The van der Waals surface area contributed by atoms with Gasteiger partial charge in [0.2, 0.25) is 5.91 Å². The number of terminal acetylenes is 1. The number of carbonyl (C=O) groups excluding carboxylic acids is 1. The Morgan fingerprint density at radius 2 is 2.29 bits per heavy atom. The van der Waals surface area contributed by atoms with Crippen LogP contribution in [0.1, 0.15) is 39.0 Å². The van der Waals surface area contributed by atoms with Crippen molar-refractivity contribution in [1.29, 1.82) is 0 Å². The van der Waals surface area contributed by atoms with Crippen LogP contribution < -0.4 is 11.1 Å².